The van der Waals surface area contributed by atoms with Crippen molar-refractivity contribution in [3.05, 3.63) is 39.8 Å². The highest BCUT2D eigenvalue weighted by atomic mass is 32.2. The van der Waals surface area contributed by atoms with E-state index in [-0.39, 0.29) is 11.9 Å². The van der Waals surface area contributed by atoms with E-state index in [2.05, 4.69) is 10.3 Å². The minimum absolute atomic E-state index is 0.116. The minimum Gasteiger partial charge on any atom is -0.497 e. The topological polar surface area (TPSA) is 86.5 Å². The van der Waals surface area contributed by atoms with Crippen LogP contribution < -0.4 is 20.5 Å². The lowest BCUT2D eigenvalue weighted by molar-refractivity contribution is 0.0949. The number of thioether (sulfide) groups is 1. The van der Waals surface area contributed by atoms with Gasteiger partial charge in [-0.05, 0) is 48.6 Å². The first-order valence-corrected chi connectivity index (χ1v) is 10.6. The predicted octanol–water partition coefficient (Wildman–Crippen LogP) is 2.89. The average molecular weight is 396 g/mol. The molecule has 142 valence electrons. The summed E-state index contributed by atoms with van der Waals surface area (Å²) in [5.74, 6) is 2.32. The molecule has 1 unspecified atom stereocenters. The molecule has 8 heteroatoms. The second-order valence-corrected chi connectivity index (χ2v) is 7.52. The van der Waals surface area contributed by atoms with Crippen LogP contribution in [0, 0.1) is 0 Å². The van der Waals surface area contributed by atoms with Gasteiger partial charge in [0.1, 0.15) is 22.2 Å². The number of carbonyl (C=O) groups excluding carboxylic acids is 1. The summed E-state index contributed by atoms with van der Waals surface area (Å²) in [4.78, 5) is 16.7. The Balaban J connectivity index is 1.90. The highest BCUT2D eigenvalue weighted by molar-refractivity contribution is 7.98. The lowest BCUT2D eigenvalue weighted by Gasteiger charge is -2.11. The Kier molecular flexibility index (Phi) is 8.21. The van der Waals surface area contributed by atoms with Crippen LogP contribution in [0.4, 0.5) is 0 Å². The number of amides is 1. The van der Waals surface area contributed by atoms with E-state index in [9.17, 15) is 4.79 Å². The van der Waals surface area contributed by atoms with Gasteiger partial charge in [0, 0.05) is 11.9 Å². The fourth-order valence-electron chi connectivity index (χ4n) is 2.41. The maximum atomic E-state index is 12.3. The minimum atomic E-state index is -0.188. The number of thiazole rings is 1. The zero-order chi connectivity index (χ0) is 18.9. The number of benzene rings is 1. The van der Waals surface area contributed by atoms with Crippen molar-refractivity contribution >= 4 is 29.0 Å². The van der Waals surface area contributed by atoms with Gasteiger partial charge in [-0.15, -0.1) is 11.3 Å². The molecule has 2 aromatic rings. The molecule has 26 heavy (non-hydrogen) atoms. The number of hydrogen-bond donors (Lipinski definition) is 2. The Hall–Kier alpha value is -1.77. The second-order valence-electron chi connectivity index (χ2n) is 5.64. The molecule has 2 rings (SSSR count). The van der Waals surface area contributed by atoms with Crippen molar-refractivity contribution in [2.75, 3.05) is 32.8 Å². The Morgan fingerprint density at radius 2 is 2.19 bits per heavy atom. The average Bonchev–Trinajstić information content (AvgIpc) is 3.16. The highest BCUT2D eigenvalue weighted by Crippen LogP contribution is 2.24. The molecule has 1 aromatic heterocycles. The lowest BCUT2D eigenvalue weighted by atomic mass is 10.1. The molecular formula is C18H25N3O3S2. The molecule has 0 fully saturated rings. The SMILES string of the molecule is COc1ccc(OC)c(CCNC(=O)c2csc(C(N)CCSC)n2)c1. The molecule has 0 aliphatic heterocycles. The number of methoxy groups -OCH3 is 2. The van der Waals surface area contributed by atoms with Crippen LogP contribution in [0.1, 0.15) is 33.5 Å². The smallest absolute Gasteiger partial charge is 0.270 e. The molecule has 0 saturated heterocycles. The molecule has 1 atom stereocenters. The molecule has 0 aliphatic rings. The van der Waals surface area contributed by atoms with E-state index >= 15 is 0 Å². The van der Waals surface area contributed by atoms with Gasteiger partial charge in [-0.2, -0.15) is 11.8 Å². The van der Waals surface area contributed by atoms with E-state index in [0.29, 0.717) is 18.7 Å². The van der Waals surface area contributed by atoms with Crippen molar-refractivity contribution in [2.45, 2.75) is 18.9 Å². The first-order valence-electron chi connectivity index (χ1n) is 8.28. The highest BCUT2D eigenvalue weighted by Gasteiger charge is 2.15. The Bertz CT molecular complexity index is 721. The summed E-state index contributed by atoms with van der Waals surface area (Å²) in [6.45, 7) is 0.480. The summed E-state index contributed by atoms with van der Waals surface area (Å²) >= 11 is 3.19. The number of nitrogens with two attached hydrogens (primary N) is 1. The number of aromatic nitrogens is 1. The molecule has 1 aromatic carbocycles. The van der Waals surface area contributed by atoms with Gasteiger partial charge in [0.15, 0.2) is 0 Å². The molecule has 0 bridgehead atoms. The lowest BCUT2D eigenvalue weighted by Crippen LogP contribution is -2.26. The third-order valence-corrected chi connectivity index (χ3v) is 5.49. The largest absolute Gasteiger partial charge is 0.497 e. The van der Waals surface area contributed by atoms with Crippen molar-refractivity contribution in [3.8, 4) is 11.5 Å². The van der Waals surface area contributed by atoms with E-state index in [4.69, 9.17) is 15.2 Å². The Morgan fingerprint density at radius 1 is 1.38 bits per heavy atom. The summed E-state index contributed by atoms with van der Waals surface area (Å²) in [6.07, 6.45) is 3.53. The van der Waals surface area contributed by atoms with Crippen molar-refractivity contribution in [3.63, 3.8) is 0 Å². The van der Waals surface area contributed by atoms with Crippen LogP contribution in [0.3, 0.4) is 0 Å². The first-order chi connectivity index (χ1) is 12.6. The third-order valence-electron chi connectivity index (χ3n) is 3.87. The summed E-state index contributed by atoms with van der Waals surface area (Å²) in [6, 6.07) is 5.50. The standard InChI is InChI=1S/C18H25N3O3S2/c1-23-13-4-5-16(24-2)12(10-13)6-8-20-17(22)15-11-26-18(21-15)14(19)7-9-25-3/h4-5,10-11,14H,6-9,19H2,1-3H3,(H,20,22). The Labute approximate surface area is 162 Å². The van der Waals surface area contributed by atoms with E-state index < -0.39 is 0 Å². The number of carbonyl (C=O) groups is 1. The first kappa shape index (κ1) is 20.5. The van der Waals surface area contributed by atoms with Gasteiger partial charge in [-0.25, -0.2) is 4.98 Å². The van der Waals surface area contributed by atoms with Gasteiger partial charge >= 0.3 is 0 Å². The number of nitrogens with zero attached hydrogens (tertiary/aromatic N) is 1. The zero-order valence-corrected chi connectivity index (χ0v) is 16.9. The van der Waals surface area contributed by atoms with Crippen molar-refractivity contribution in [1.82, 2.24) is 10.3 Å². The maximum absolute atomic E-state index is 12.3. The Morgan fingerprint density at radius 3 is 2.88 bits per heavy atom. The fraction of sp³-hybridized carbons (Fsp3) is 0.444. The number of ether oxygens (including phenoxy) is 2. The normalized spacial score (nSPS) is 11.8. The summed E-state index contributed by atoms with van der Waals surface area (Å²) in [5, 5.41) is 5.46. The van der Waals surface area contributed by atoms with Crippen LogP contribution in [0.5, 0.6) is 11.5 Å². The molecule has 0 spiro atoms. The zero-order valence-electron chi connectivity index (χ0n) is 15.3. The van der Waals surface area contributed by atoms with Crippen LogP contribution in [-0.2, 0) is 6.42 Å². The van der Waals surface area contributed by atoms with E-state index in [1.54, 1.807) is 31.4 Å². The summed E-state index contributed by atoms with van der Waals surface area (Å²) < 4.78 is 10.6. The molecule has 3 N–H and O–H groups in total. The van der Waals surface area contributed by atoms with E-state index in [1.165, 1.54) is 11.3 Å². The molecular weight excluding hydrogens is 370 g/mol. The van der Waals surface area contributed by atoms with Crippen LogP contribution in [0.15, 0.2) is 23.6 Å². The molecule has 0 radical (unpaired) electrons. The van der Waals surface area contributed by atoms with Crippen LogP contribution in [-0.4, -0.2) is 43.7 Å². The van der Waals surface area contributed by atoms with Crippen molar-refractivity contribution < 1.29 is 14.3 Å². The van der Waals surface area contributed by atoms with Crippen molar-refractivity contribution in [2.24, 2.45) is 5.73 Å². The molecule has 6 nitrogen and oxygen atoms in total. The fourth-order valence-corrected chi connectivity index (χ4v) is 3.73. The van der Waals surface area contributed by atoms with E-state index in [1.807, 2.05) is 24.5 Å². The van der Waals surface area contributed by atoms with Crippen LogP contribution in [0.2, 0.25) is 0 Å². The van der Waals surface area contributed by atoms with Gasteiger partial charge in [-0.1, -0.05) is 0 Å². The van der Waals surface area contributed by atoms with Gasteiger partial charge in [0.25, 0.3) is 5.91 Å². The molecule has 1 heterocycles. The van der Waals surface area contributed by atoms with Gasteiger partial charge in [-0.3, -0.25) is 4.79 Å². The van der Waals surface area contributed by atoms with Gasteiger partial charge in [0.2, 0.25) is 0 Å². The predicted molar refractivity (Wildman–Crippen MR) is 108 cm³/mol. The molecule has 1 amide bonds. The van der Waals surface area contributed by atoms with Crippen molar-refractivity contribution in [1.29, 1.82) is 0 Å². The number of rotatable bonds is 10. The third kappa shape index (κ3) is 5.62. The summed E-state index contributed by atoms with van der Waals surface area (Å²) in [5.41, 5.74) is 7.50. The van der Waals surface area contributed by atoms with Crippen LogP contribution >= 0.6 is 23.1 Å². The molecule has 0 aliphatic carbocycles. The maximum Gasteiger partial charge on any atom is 0.270 e. The number of nitrogens with one attached hydrogen (secondary N) is 1. The van der Waals surface area contributed by atoms with Crippen LogP contribution in [0.25, 0.3) is 0 Å². The molecule has 0 saturated carbocycles. The number of hydrogen-bond acceptors (Lipinski definition) is 7. The van der Waals surface area contributed by atoms with E-state index in [0.717, 1.165) is 34.2 Å². The second kappa shape index (κ2) is 10.4. The quantitative estimate of drug-likeness (QED) is 0.643. The van der Waals surface area contributed by atoms with Gasteiger partial charge in [0.05, 0.1) is 20.3 Å². The van der Waals surface area contributed by atoms with Gasteiger partial charge < -0.3 is 20.5 Å². The summed E-state index contributed by atoms with van der Waals surface area (Å²) in [7, 11) is 3.25. The monoisotopic (exact) mass is 395 g/mol.